The quantitative estimate of drug-likeness (QED) is 0.643. The lowest BCUT2D eigenvalue weighted by molar-refractivity contribution is -0.384. The van der Waals surface area contributed by atoms with Crippen molar-refractivity contribution < 1.29 is 28.0 Å². The second-order valence-electron chi connectivity index (χ2n) is 4.48. The fourth-order valence-corrected chi connectivity index (χ4v) is 1.96. The highest BCUT2D eigenvalue weighted by Gasteiger charge is 2.20. The number of benzene rings is 2. The fourth-order valence-electron chi connectivity index (χ4n) is 1.96. The Balaban J connectivity index is 2.33. The number of para-hydroxylation sites is 1. The number of methoxy groups -OCH3 is 1. The van der Waals surface area contributed by atoms with Gasteiger partial charge in [-0.05, 0) is 18.2 Å². The minimum absolute atomic E-state index is 0.0398. The maximum atomic E-state index is 12.6. The van der Waals surface area contributed by atoms with E-state index in [-0.39, 0.29) is 22.7 Å². The molecule has 0 saturated carbocycles. The number of carbonyl (C=O) groups excluding carboxylic acids is 1. The molecule has 0 aliphatic heterocycles. The van der Waals surface area contributed by atoms with Crippen LogP contribution >= 0.6 is 0 Å². The average molecular weight is 338 g/mol. The van der Waals surface area contributed by atoms with E-state index in [2.05, 4.69) is 10.1 Å². The lowest BCUT2D eigenvalue weighted by Gasteiger charge is -2.14. The van der Waals surface area contributed by atoms with E-state index < -0.39 is 23.2 Å². The van der Waals surface area contributed by atoms with E-state index in [0.717, 1.165) is 6.07 Å². The van der Waals surface area contributed by atoms with Gasteiger partial charge in [0.05, 0.1) is 17.6 Å². The van der Waals surface area contributed by atoms with E-state index in [1.165, 1.54) is 43.5 Å². The van der Waals surface area contributed by atoms with Crippen LogP contribution in [0.1, 0.15) is 10.4 Å². The highest BCUT2D eigenvalue weighted by atomic mass is 19.3. The summed E-state index contributed by atoms with van der Waals surface area (Å²) in [6.45, 7) is -3.15. The molecule has 0 saturated heterocycles. The number of ether oxygens (including phenoxy) is 2. The van der Waals surface area contributed by atoms with Crippen molar-refractivity contribution in [2.45, 2.75) is 6.61 Å². The highest BCUT2D eigenvalue weighted by Crippen LogP contribution is 2.33. The molecule has 24 heavy (non-hydrogen) atoms. The molecular formula is C15H12F2N2O5. The number of halogens is 2. The summed E-state index contributed by atoms with van der Waals surface area (Å²) in [4.78, 5) is 22.4. The first kappa shape index (κ1) is 17.1. The molecule has 0 aliphatic carbocycles. The Bertz CT molecular complexity index is 767. The Hall–Kier alpha value is -3.23. The van der Waals surface area contributed by atoms with E-state index in [9.17, 15) is 23.7 Å². The third-order valence-corrected chi connectivity index (χ3v) is 2.97. The molecule has 0 atom stereocenters. The van der Waals surface area contributed by atoms with Crippen LogP contribution in [-0.2, 0) is 0 Å². The van der Waals surface area contributed by atoms with Gasteiger partial charge in [-0.15, -0.1) is 0 Å². The summed E-state index contributed by atoms with van der Waals surface area (Å²) in [5, 5.41) is 13.1. The second-order valence-corrected chi connectivity index (χ2v) is 4.48. The number of nitrogens with one attached hydrogen (secondary N) is 1. The largest absolute Gasteiger partial charge is 0.493 e. The van der Waals surface area contributed by atoms with E-state index in [0.29, 0.717) is 0 Å². The maximum Gasteiger partial charge on any atom is 0.387 e. The zero-order valence-corrected chi connectivity index (χ0v) is 12.4. The van der Waals surface area contributed by atoms with Crippen LogP contribution in [0.4, 0.5) is 20.2 Å². The molecule has 1 N–H and O–H groups in total. The molecule has 2 aromatic rings. The first-order valence-corrected chi connectivity index (χ1v) is 6.60. The van der Waals surface area contributed by atoms with Crippen LogP contribution in [0.15, 0.2) is 42.5 Å². The molecule has 0 bridgehead atoms. The van der Waals surface area contributed by atoms with Crippen LogP contribution in [0, 0.1) is 10.1 Å². The van der Waals surface area contributed by atoms with Crippen LogP contribution in [0.5, 0.6) is 11.5 Å². The van der Waals surface area contributed by atoms with Crippen LogP contribution in [0.25, 0.3) is 0 Å². The molecule has 2 aromatic carbocycles. The Morgan fingerprint density at radius 3 is 2.58 bits per heavy atom. The van der Waals surface area contributed by atoms with Crippen LogP contribution in [0.2, 0.25) is 0 Å². The number of nitro groups is 1. The Morgan fingerprint density at radius 2 is 1.96 bits per heavy atom. The van der Waals surface area contributed by atoms with Gasteiger partial charge in [0.25, 0.3) is 11.6 Å². The van der Waals surface area contributed by atoms with E-state index >= 15 is 0 Å². The van der Waals surface area contributed by atoms with Crippen molar-refractivity contribution in [1.29, 1.82) is 0 Å². The summed E-state index contributed by atoms with van der Waals surface area (Å²) in [6, 6.07) is 9.28. The summed E-state index contributed by atoms with van der Waals surface area (Å²) in [5.74, 6) is -1.23. The number of carbonyl (C=O) groups is 1. The zero-order valence-electron chi connectivity index (χ0n) is 12.4. The lowest BCUT2D eigenvalue weighted by atomic mass is 10.1. The van der Waals surface area contributed by atoms with Crippen molar-refractivity contribution in [3.05, 3.63) is 58.1 Å². The van der Waals surface area contributed by atoms with Gasteiger partial charge in [0.1, 0.15) is 0 Å². The van der Waals surface area contributed by atoms with Gasteiger partial charge in [-0.2, -0.15) is 8.78 Å². The minimum Gasteiger partial charge on any atom is -0.493 e. The molecule has 1 amide bonds. The monoisotopic (exact) mass is 338 g/mol. The van der Waals surface area contributed by atoms with Crippen LogP contribution in [0.3, 0.4) is 0 Å². The smallest absolute Gasteiger partial charge is 0.387 e. The van der Waals surface area contributed by atoms with Gasteiger partial charge in [0.15, 0.2) is 11.5 Å². The number of hydrogen-bond donors (Lipinski definition) is 1. The summed E-state index contributed by atoms with van der Waals surface area (Å²) >= 11 is 0. The Kier molecular flexibility index (Phi) is 5.25. The molecule has 0 spiro atoms. The molecule has 7 nitrogen and oxygen atoms in total. The van der Waals surface area contributed by atoms with Crippen LogP contribution in [-0.4, -0.2) is 24.6 Å². The number of nitrogens with zero attached hydrogens (tertiary/aromatic N) is 1. The van der Waals surface area contributed by atoms with Crippen molar-refractivity contribution in [3.8, 4) is 11.5 Å². The van der Waals surface area contributed by atoms with E-state index in [4.69, 9.17) is 4.74 Å². The molecule has 0 aliphatic rings. The fraction of sp³-hybridized carbons (Fsp3) is 0.133. The van der Waals surface area contributed by atoms with Crippen molar-refractivity contribution in [2.75, 3.05) is 12.4 Å². The van der Waals surface area contributed by atoms with Gasteiger partial charge < -0.3 is 14.8 Å². The van der Waals surface area contributed by atoms with Crippen molar-refractivity contribution >= 4 is 17.3 Å². The molecule has 126 valence electrons. The molecule has 0 radical (unpaired) electrons. The van der Waals surface area contributed by atoms with Gasteiger partial charge >= 0.3 is 6.61 Å². The van der Waals surface area contributed by atoms with E-state index in [1.807, 2.05) is 0 Å². The normalized spacial score (nSPS) is 10.3. The number of amides is 1. The molecule has 0 unspecified atom stereocenters. The van der Waals surface area contributed by atoms with Gasteiger partial charge in [0, 0.05) is 17.8 Å². The van der Waals surface area contributed by atoms with Gasteiger partial charge in [-0.25, -0.2) is 0 Å². The third kappa shape index (κ3) is 3.94. The van der Waals surface area contributed by atoms with Crippen molar-refractivity contribution in [3.63, 3.8) is 0 Å². The second kappa shape index (κ2) is 7.36. The molecule has 0 fully saturated rings. The molecule has 9 heteroatoms. The first-order valence-electron chi connectivity index (χ1n) is 6.60. The summed E-state index contributed by atoms with van der Waals surface area (Å²) in [5.41, 5.74) is -0.274. The topological polar surface area (TPSA) is 90.7 Å². The summed E-state index contributed by atoms with van der Waals surface area (Å²) < 4.78 is 34.4. The summed E-state index contributed by atoms with van der Waals surface area (Å²) in [7, 11) is 1.25. The predicted molar refractivity (Wildman–Crippen MR) is 80.7 cm³/mol. The van der Waals surface area contributed by atoms with Crippen molar-refractivity contribution in [1.82, 2.24) is 0 Å². The SMILES string of the molecule is COc1cccc(C(=O)Nc2cccc([N+](=O)[O-])c2)c1OC(F)F. The maximum absolute atomic E-state index is 12.6. The number of rotatable bonds is 6. The molecule has 0 aromatic heterocycles. The average Bonchev–Trinajstić information content (AvgIpc) is 2.54. The Labute approximate surface area is 135 Å². The third-order valence-electron chi connectivity index (χ3n) is 2.97. The van der Waals surface area contributed by atoms with Gasteiger partial charge in [-0.3, -0.25) is 14.9 Å². The highest BCUT2D eigenvalue weighted by molar-refractivity contribution is 6.06. The number of non-ortho nitro benzene ring substituents is 1. The minimum atomic E-state index is -3.15. The van der Waals surface area contributed by atoms with E-state index in [1.54, 1.807) is 0 Å². The standard InChI is InChI=1S/C15H12F2N2O5/c1-23-12-7-3-6-11(13(12)24-15(16)17)14(20)18-9-4-2-5-10(8-9)19(21)22/h2-8,15H,1H3,(H,18,20). The number of hydrogen-bond acceptors (Lipinski definition) is 5. The lowest BCUT2D eigenvalue weighted by Crippen LogP contribution is -2.15. The first-order chi connectivity index (χ1) is 11.4. The number of anilines is 1. The predicted octanol–water partition coefficient (Wildman–Crippen LogP) is 3.46. The number of alkyl halides is 2. The van der Waals surface area contributed by atoms with Gasteiger partial charge in [0.2, 0.25) is 0 Å². The van der Waals surface area contributed by atoms with Gasteiger partial charge in [-0.1, -0.05) is 12.1 Å². The molecular weight excluding hydrogens is 326 g/mol. The van der Waals surface area contributed by atoms with Crippen LogP contribution < -0.4 is 14.8 Å². The zero-order chi connectivity index (χ0) is 17.7. The van der Waals surface area contributed by atoms with Crippen molar-refractivity contribution in [2.24, 2.45) is 0 Å². The Morgan fingerprint density at radius 1 is 1.25 bits per heavy atom. The summed E-state index contributed by atoms with van der Waals surface area (Å²) in [6.07, 6.45) is 0. The molecule has 0 heterocycles. The number of nitro benzene ring substituents is 1. The molecule has 2 rings (SSSR count).